The monoisotopic (exact) mass is 352 g/mol. The van der Waals surface area contributed by atoms with Gasteiger partial charge in [-0.05, 0) is 43.7 Å². The third-order valence-electron chi connectivity index (χ3n) is 3.78. The molecule has 0 saturated carbocycles. The lowest BCUT2D eigenvalue weighted by atomic mass is 10.2. The fourth-order valence-corrected chi connectivity index (χ4v) is 2.52. The van der Waals surface area contributed by atoms with E-state index >= 15 is 0 Å². The summed E-state index contributed by atoms with van der Waals surface area (Å²) in [6, 6.07) is 15.5. The third kappa shape index (κ3) is 4.86. The number of para-hydroxylation sites is 2. The maximum atomic E-state index is 6.05. The van der Waals surface area contributed by atoms with Gasteiger partial charge in [0.25, 0.3) is 0 Å². The lowest BCUT2D eigenvalue weighted by Crippen LogP contribution is -2.13. The van der Waals surface area contributed by atoms with Gasteiger partial charge in [0, 0.05) is 18.3 Å². The largest absolute Gasteiger partial charge is 0.490 e. The summed E-state index contributed by atoms with van der Waals surface area (Å²) in [4.78, 5) is 4.38. The number of hydrogen-bond acceptors (Lipinski definition) is 5. The van der Waals surface area contributed by atoms with Crippen LogP contribution < -0.4 is 14.8 Å². The molecule has 26 heavy (non-hydrogen) atoms. The van der Waals surface area contributed by atoms with Gasteiger partial charge in [0.05, 0.1) is 13.2 Å². The topological polar surface area (TPSA) is 56.5 Å². The van der Waals surface area contributed by atoms with Crippen LogP contribution in [0.5, 0.6) is 17.4 Å². The van der Waals surface area contributed by atoms with Gasteiger partial charge >= 0.3 is 0 Å². The molecule has 0 radical (unpaired) electrons. The van der Waals surface area contributed by atoms with E-state index in [1.807, 2.05) is 55.5 Å². The van der Waals surface area contributed by atoms with Crippen LogP contribution in [0.25, 0.3) is 0 Å². The summed E-state index contributed by atoms with van der Waals surface area (Å²) in [6.07, 6.45) is 2.67. The van der Waals surface area contributed by atoms with Gasteiger partial charge in [-0.2, -0.15) is 0 Å². The average molecular weight is 352 g/mol. The number of rotatable bonds is 9. The maximum absolute atomic E-state index is 6.05. The van der Waals surface area contributed by atoms with Crippen molar-refractivity contribution in [3.8, 4) is 17.4 Å². The smallest absolute Gasteiger partial charge is 0.223 e. The highest BCUT2D eigenvalue weighted by Gasteiger charge is 2.10. The van der Waals surface area contributed by atoms with Gasteiger partial charge in [0.1, 0.15) is 11.5 Å². The minimum absolute atomic E-state index is 0.572. The molecule has 2 heterocycles. The molecule has 0 aliphatic rings. The van der Waals surface area contributed by atoms with Crippen molar-refractivity contribution in [3.63, 3.8) is 0 Å². The van der Waals surface area contributed by atoms with E-state index in [4.69, 9.17) is 13.9 Å². The average Bonchev–Trinajstić information content (AvgIpc) is 3.07. The second-order valence-corrected chi connectivity index (χ2v) is 5.98. The molecular formula is C21H24N2O3. The highest BCUT2D eigenvalue weighted by atomic mass is 16.5. The molecule has 5 nitrogen and oxygen atoms in total. The summed E-state index contributed by atoms with van der Waals surface area (Å²) in [5.41, 5.74) is 0.973. The molecule has 136 valence electrons. The van der Waals surface area contributed by atoms with Crippen molar-refractivity contribution in [1.82, 2.24) is 10.3 Å². The summed E-state index contributed by atoms with van der Waals surface area (Å²) >= 11 is 0. The Morgan fingerprint density at radius 1 is 1.00 bits per heavy atom. The van der Waals surface area contributed by atoms with Gasteiger partial charge < -0.3 is 19.2 Å². The minimum atomic E-state index is 0.572. The SMILES string of the molecule is CCCOc1ccccc1Oc1ncccc1CNCc1ccc(C)o1. The van der Waals surface area contributed by atoms with Gasteiger partial charge in [0.15, 0.2) is 11.5 Å². The van der Waals surface area contributed by atoms with Crippen molar-refractivity contribution in [2.45, 2.75) is 33.4 Å². The Morgan fingerprint density at radius 3 is 2.62 bits per heavy atom. The summed E-state index contributed by atoms with van der Waals surface area (Å²) in [5, 5.41) is 3.36. The highest BCUT2D eigenvalue weighted by molar-refractivity contribution is 5.42. The predicted molar refractivity (Wildman–Crippen MR) is 101 cm³/mol. The van der Waals surface area contributed by atoms with Crippen molar-refractivity contribution in [1.29, 1.82) is 0 Å². The zero-order valence-corrected chi connectivity index (χ0v) is 15.2. The first-order valence-electron chi connectivity index (χ1n) is 8.86. The molecule has 0 spiro atoms. The van der Waals surface area contributed by atoms with Gasteiger partial charge in [-0.15, -0.1) is 0 Å². The van der Waals surface area contributed by atoms with E-state index in [-0.39, 0.29) is 0 Å². The number of aryl methyl sites for hydroxylation is 1. The molecule has 0 fully saturated rings. The Kier molecular flexibility index (Phi) is 6.28. The molecule has 0 atom stereocenters. The molecular weight excluding hydrogens is 328 g/mol. The normalized spacial score (nSPS) is 10.7. The number of nitrogens with zero attached hydrogens (tertiary/aromatic N) is 1. The molecule has 1 N–H and O–H groups in total. The van der Waals surface area contributed by atoms with Crippen molar-refractivity contribution in [3.05, 3.63) is 71.8 Å². The molecule has 0 aliphatic heterocycles. The highest BCUT2D eigenvalue weighted by Crippen LogP contribution is 2.31. The Morgan fingerprint density at radius 2 is 1.85 bits per heavy atom. The van der Waals surface area contributed by atoms with Crippen LogP contribution >= 0.6 is 0 Å². The van der Waals surface area contributed by atoms with Crippen molar-refractivity contribution >= 4 is 0 Å². The number of benzene rings is 1. The molecule has 3 rings (SSSR count). The van der Waals surface area contributed by atoms with Crippen LogP contribution in [0.1, 0.15) is 30.4 Å². The van der Waals surface area contributed by atoms with Crippen LogP contribution in [0.4, 0.5) is 0 Å². The summed E-state index contributed by atoms with van der Waals surface area (Å²) < 4.78 is 17.4. The van der Waals surface area contributed by atoms with E-state index < -0.39 is 0 Å². The standard InChI is InChI=1S/C21H24N2O3/c1-3-13-24-19-8-4-5-9-20(19)26-21-17(7-6-12-23-21)14-22-15-18-11-10-16(2)25-18/h4-12,22H,3,13-15H2,1-2H3. The molecule has 0 unspecified atom stereocenters. The van der Waals surface area contributed by atoms with E-state index in [0.29, 0.717) is 31.3 Å². The Bertz CT molecular complexity index is 829. The predicted octanol–water partition coefficient (Wildman–Crippen LogP) is 4.85. The van der Waals surface area contributed by atoms with Crippen LogP contribution in [0.2, 0.25) is 0 Å². The fourth-order valence-electron chi connectivity index (χ4n) is 2.52. The van der Waals surface area contributed by atoms with Crippen LogP contribution in [0.15, 0.2) is 59.1 Å². The first-order chi connectivity index (χ1) is 12.8. The van der Waals surface area contributed by atoms with Crippen LogP contribution in [0, 0.1) is 6.92 Å². The van der Waals surface area contributed by atoms with Crippen LogP contribution in [-0.4, -0.2) is 11.6 Å². The molecule has 0 aliphatic carbocycles. The molecule has 2 aromatic heterocycles. The van der Waals surface area contributed by atoms with E-state index in [9.17, 15) is 0 Å². The van der Waals surface area contributed by atoms with Gasteiger partial charge in [-0.3, -0.25) is 0 Å². The zero-order valence-electron chi connectivity index (χ0n) is 15.2. The molecule has 5 heteroatoms. The quantitative estimate of drug-likeness (QED) is 0.596. The van der Waals surface area contributed by atoms with E-state index in [1.54, 1.807) is 6.20 Å². The first-order valence-corrected chi connectivity index (χ1v) is 8.86. The lowest BCUT2D eigenvalue weighted by Gasteiger charge is -2.13. The third-order valence-corrected chi connectivity index (χ3v) is 3.78. The van der Waals surface area contributed by atoms with Gasteiger partial charge in [0.2, 0.25) is 5.88 Å². The molecule has 0 bridgehead atoms. The fraction of sp³-hybridized carbons (Fsp3) is 0.286. The number of furan rings is 1. The van der Waals surface area contributed by atoms with Crippen molar-refractivity contribution in [2.75, 3.05) is 6.61 Å². The second kappa shape index (κ2) is 9.06. The number of nitrogens with one attached hydrogen (secondary N) is 1. The summed E-state index contributed by atoms with van der Waals surface area (Å²) in [6.45, 7) is 5.94. The summed E-state index contributed by atoms with van der Waals surface area (Å²) in [7, 11) is 0. The summed E-state index contributed by atoms with van der Waals surface area (Å²) in [5.74, 6) is 3.79. The molecule has 3 aromatic rings. The van der Waals surface area contributed by atoms with Crippen LogP contribution in [-0.2, 0) is 13.1 Å². The maximum Gasteiger partial charge on any atom is 0.223 e. The zero-order chi connectivity index (χ0) is 18.2. The van der Waals surface area contributed by atoms with E-state index in [1.165, 1.54) is 0 Å². The molecule has 1 aromatic carbocycles. The number of pyridine rings is 1. The second-order valence-electron chi connectivity index (χ2n) is 5.98. The van der Waals surface area contributed by atoms with Gasteiger partial charge in [-0.25, -0.2) is 4.98 Å². The van der Waals surface area contributed by atoms with Crippen molar-refractivity contribution in [2.24, 2.45) is 0 Å². The first kappa shape index (κ1) is 18.0. The Hall–Kier alpha value is -2.79. The Balaban J connectivity index is 1.67. The van der Waals surface area contributed by atoms with E-state index in [2.05, 4.69) is 17.2 Å². The van der Waals surface area contributed by atoms with E-state index in [0.717, 1.165) is 29.3 Å². The minimum Gasteiger partial charge on any atom is -0.490 e. The Labute approximate surface area is 154 Å². The lowest BCUT2D eigenvalue weighted by molar-refractivity contribution is 0.300. The number of hydrogen-bond donors (Lipinski definition) is 1. The van der Waals surface area contributed by atoms with Gasteiger partial charge in [-0.1, -0.05) is 25.1 Å². The molecule has 0 saturated heterocycles. The number of ether oxygens (including phenoxy) is 2. The van der Waals surface area contributed by atoms with Crippen molar-refractivity contribution < 1.29 is 13.9 Å². The molecule has 0 amide bonds. The number of aromatic nitrogens is 1. The van der Waals surface area contributed by atoms with Crippen LogP contribution in [0.3, 0.4) is 0 Å².